The molecule has 0 aromatic carbocycles. The summed E-state index contributed by atoms with van der Waals surface area (Å²) in [6.07, 6.45) is 4.10. The highest BCUT2D eigenvalue weighted by molar-refractivity contribution is 6.30. The van der Waals surface area contributed by atoms with Crippen LogP contribution in [0.2, 0.25) is 0 Å². The molecule has 64 valence electrons. The van der Waals surface area contributed by atoms with Gasteiger partial charge in [-0.05, 0) is 20.3 Å². The minimum Gasteiger partial charge on any atom is -0.292 e. The lowest BCUT2D eigenvalue weighted by molar-refractivity contribution is 0.984. The number of rotatable bonds is 5. The zero-order valence-corrected chi connectivity index (χ0v) is 7.80. The van der Waals surface area contributed by atoms with Crippen molar-refractivity contribution < 1.29 is 0 Å². The molecule has 0 N–H and O–H groups in total. The minimum absolute atomic E-state index is 0.854. The molecule has 0 amide bonds. The van der Waals surface area contributed by atoms with Gasteiger partial charge >= 0.3 is 0 Å². The second-order valence-corrected chi connectivity index (χ2v) is 2.34. The summed E-state index contributed by atoms with van der Waals surface area (Å²) in [5.41, 5.74) is 1.14. The van der Waals surface area contributed by atoms with Gasteiger partial charge in [0, 0.05) is 19.3 Å². The van der Waals surface area contributed by atoms with Crippen LogP contribution in [0, 0.1) is 0 Å². The van der Waals surface area contributed by atoms with Crippen LogP contribution in [0.4, 0.5) is 0 Å². The van der Waals surface area contributed by atoms with E-state index in [-0.39, 0.29) is 0 Å². The van der Waals surface area contributed by atoms with Gasteiger partial charge in [-0.2, -0.15) is 0 Å². The second-order valence-electron chi connectivity index (χ2n) is 2.34. The Labute approximate surface area is 69.4 Å². The van der Waals surface area contributed by atoms with E-state index < -0.39 is 0 Å². The van der Waals surface area contributed by atoms with Gasteiger partial charge < -0.3 is 0 Å². The van der Waals surface area contributed by atoms with Crippen LogP contribution < -0.4 is 0 Å². The van der Waals surface area contributed by atoms with E-state index in [4.69, 9.17) is 0 Å². The average Bonchev–Trinajstić information content (AvgIpc) is 2.01. The molecule has 0 rings (SSSR count). The Hall–Kier alpha value is -0.660. The first-order valence-electron chi connectivity index (χ1n) is 4.38. The van der Waals surface area contributed by atoms with Gasteiger partial charge in [0.1, 0.15) is 0 Å². The average molecular weight is 154 g/mol. The molecule has 0 aromatic rings. The Morgan fingerprint density at radius 2 is 1.91 bits per heavy atom. The van der Waals surface area contributed by atoms with Crippen LogP contribution >= 0.6 is 0 Å². The van der Waals surface area contributed by atoms with Gasteiger partial charge in [-0.1, -0.05) is 13.3 Å². The fourth-order valence-corrected chi connectivity index (χ4v) is 0.840. The molecule has 0 aromatic heterocycles. The molecule has 0 saturated carbocycles. The summed E-state index contributed by atoms with van der Waals surface area (Å²) in [5.74, 6) is 0. The smallest absolute Gasteiger partial charge is 0.0526 e. The van der Waals surface area contributed by atoms with Gasteiger partial charge in [0.2, 0.25) is 0 Å². The summed E-state index contributed by atoms with van der Waals surface area (Å²) in [7, 11) is 0. The van der Waals surface area contributed by atoms with Crippen LogP contribution in [-0.2, 0) is 0 Å². The van der Waals surface area contributed by atoms with Crippen LogP contribution in [0.25, 0.3) is 0 Å². The lowest BCUT2D eigenvalue weighted by atomic mass is 10.2. The molecule has 2 heteroatoms. The molecular weight excluding hydrogens is 136 g/mol. The third-order valence-corrected chi connectivity index (χ3v) is 1.29. The molecule has 0 bridgehead atoms. The monoisotopic (exact) mass is 154 g/mol. The van der Waals surface area contributed by atoms with E-state index in [0.29, 0.717) is 0 Å². The molecule has 0 fully saturated rings. The highest BCUT2D eigenvalue weighted by Gasteiger charge is 1.90. The van der Waals surface area contributed by atoms with Crippen molar-refractivity contribution in [3.05, 3.63) is 0 Å². The molecule has 11 heavy (non-hydrogen) atoms. The third kappa shape index (κ3) is 5.77. The molecule has 0 spiro atoms. The van der Waals surface area contributed by atoms with Gasteiger partial charge in [-0.25, -0.2) is 0 Å². The van der Waals surface area contributed by atoms with Crippen molar-refractivity contribution in [3.63, 3.8) is 0 Å². The molecule has 0 aliphatic rings. The Bertz CT molecular complexity index is 136. The van der Waals surface area contributed by atoms with Gasteiger partial charge in [-0.3, -0.25) is 9.98 Å². The van der Waals surface area contributed by atoms with Crippen LogP contribution in [0.3, 0.4) is 0 Å². The molecule has 0 aliphatic heterocycles. The number of hydrogen-bond donors (Lipinski definition) is 0. The maximum Gasteiger partial charge on any atom is 0.0526 e. The summed E-state index contributed by atoms with van der Waals surface area (Å²) in [4.78, 5) is 8.47. The molecule has 0 saturated heterocycles. The predicted molar refractivity (Wildman–Crippen MR) is 51.9 cm³/mol. The highest BCUT2D eigenvalue weighted by Crippen LogP contribution is 1.90. The van der Waals surface area contributed by atoms with Gasteiger partial charge in [0.25, 0.3) is 0 Å². The summed E-state index contributed by atoms with van der Waals surface area (Å²) in [6, 6.07) is 0. The molecule has 2 nitrogen and oxygen atoms in total. The quantitative estimate of drug-likeness (QED) is 0.543. The summed E-state index contributed by atoms with van der Waals surface area (Å²) < 4.78 is 0. The normalized spacial score (nSPS) is 12.8. The van der Waals surface area contributed by atoms with Crippen LogP contribution in [0.5, 0.6) is 0 Å². The molecule has 0 radical (unpaired) electrons. The van der Waals surface area contributed by atoms with Crippen molar-refractivity contribution >= 4 is 11.9 Å². The van der Waals surface area contributed by atoms with Crippen molar-refractivity contribution in [2.45, 2.75) is 33.6 Å². The summed E-state index contributed by atoms with van der Waals surface area (Å²) in [6.45, 7) is 7.96. The van der Waals surface area contributed by atoms with Crippen molar-refractivity contribution in [3.8, 4) is 0 Å². The first kappa shape index (κ1) is 10.3. The fraction of sp³-hybridized carbons (Fsp3) is 0.778. The molecule has 0 unspecified atom stereocenters. The standard InChI is InChI=1S/C9H18N2/c1-4-7-9(11-6-3)8-10-5-2/h8H,4-7H2,1-3H3/b10-8+,11-9+. The Morgan fingerprint density at radius 1 is 1.18 bits per heavy atom. The molecule has 0 heterocycles. The Balaban J connectivity index is 3.88. The van der Waals surface area contributed by atoms with Crippen LogP contribution in [-0.4, -0.2) is 25.0 Å². The first-order chi connectivity index (χ1) is 5.35. The van der Waals surface area contributed by atoms with Crippen molar-refractivity contribution in [1.29, 1.82) is 0 Å². The van der Waals surface area contributed by atoms with E-state index in [2.05, 4.69) is 23.8 Å². The molecular formula is C9H18N2. The van der Waals surface area contributed by atoms with Crippen LogP contribution in [0.15, 0.2) is 9.98 Å². The Kier molecular flexibility index (Phi) is 7.00. The predicted octanol–water partition coefficient (Wildman–Crippen LogP) is 2.34. The maximum atomic E-state index is 4.32. The van der Waals surface area contributed by atoms with E-state index in [1.807, 2.05) is 13.1 Å². The summed E-state index contributed by atoms with van der Waals surface area (Å²) >= 11 is 0. The van der Waals surface area contributed by atoms with E-state index in [1.165, 1.54) is 0 Å². The largest absolute Gasteiger partial charge is 0.292 e. The van der Waals surface area contributed by atoms with E-state index in [0.717, 1.165) is 31.6 Å². The SMILES string of the molecule is CCCC(/C=N/CC)=N\CC. The Morgan fingerprint density at radius 3 is 2.36 bits per heavy atom. The van der Waals surface area contributed by atoms with Gasteiger partial charge in [-0.15, -0.1) is 0 Å². The maximum absolute atomic E-state index is 4.32. The van der Waals surface area contributed by atoms with Crippen molar-refractivity contribution in [2.75, 3.05) is 13.1 Å². The minimum atomic E-state index is 0.854. The van der Waals surface area contributed by atoms with E-state index in [1.54, 1.807) is 0 Å². The highest BCUT2D eigenvalue weighted by atomic mass is 14.8. The third-order valence-electron chi connectivity index (χ3n) is 1.29. The molecule has 0 atom stereocenters. The number of hydrogen-bond acceptors (Lipinski definition) is 2. The zero-order chi connectivity index (χ0) is 8.53. The topological polar surface area (TPSA) is 24.7 Å². The van der Waals surface area contributed by atoms with Gasteiger partial charge in [0.05, 0.1) is 5.71 Å². The van der Waals surface area contributed by atoms with E-state index in [9.17, 15) is 0 Å². The lowest BCUT2D eigenvalue weighted by Crippen LogP contribution is -2.00. The molecule has 0 aliphatic carbocycles. The summed E-state index contributed by atoms with van der Waals surface area (Å²) in [5, 5.41) is 0. The van der Waals surface area contributed by atoms with Crippen molar-refractivity contribution in [2.24, 2.45) is 9.98 Å². The zero-order valence-electron chi connectivity index (χ0n) is 7.80. The first-order valence-corrected chi connectivity index (χ1v) is 4.38. The number of nitrogens with zero attached hydrogens (tertiary/aromatic N) is 2. The fourth-order valence-electron chi connectivity index (χ4n) is 0.840. The van der Waals surface area contributed by atoms with Crippen LogP contribution in [0.1, 0.15) is 33.6 Å². The van der Waals surface area contributed by atoms with Gasteiger partial charge in [0.15, 0.2) is 0 Å². The number of aliphatic imine (C=N–C) groups is 2. The van der Waals surface area contributed by atoms with Crippen molar-refractivity contribution in [1.82, 2.24) is 0 Å². The second kappa shape index (κ2) is 7.45. The van der Waals surface area contributed by atoms with E-state index >= 15 is 0 Å². The lowest BCUT2D eigenvalue weighted by Gasteiger charge is -1.95.